The molecule has 0 spiro atoms. The fourth-order valence-corrected chi connectivity index (χ4v) is 13.0. The van der Waals surface area contributed by atoms with E-state index in [2.05, 4.69) is 207 Å². The zero-order valence-corrected chi connectivity index (χ0v) is 60.2. The summed E-state index contributed by atoms with van der Waals surface area (Å²) < 4.78 is 5.12. The van der Waals surface area contributed by atoms with Gasteiger partial charge in [0.1, 0.15) is 5.75 Å². The average Bonchev–Trinajstić information content (AvgIpc) is 0.729. The molecule has 104 heavy (non-hydrogen) atoms. The maximum absolute atomic E-state index is 8.95. The molecule has 0 aliphatic carbocycles. The van der Waals surface area contributed by atoms with Crippen LogP contribution in [0.3, 0.4) is 0 Å². The first kappa shape index (κ1) is 69.2. The topological polar surface area (TPSA) is 133 Å². The van der Waals surface area contributed by atoms with E-state index in [1.165, 1.54) is 5.56 Å². The van der Waals surface area contributed by atoms with Gasteiger partial charge in [0.2, 0.25) is 0 Å². The molecule has 0 unspecified atom stereocenters. The lowest BCUT2D eigenvalue weighted by Crippen LogP contribution is -1.99. The van der Waals surface area contributed by atoms with Crippen LogP contribution in [-0.4, -0.2) is 52.6 Å². The summed E-state index contributed by atoms with van der Waals surface area (Å²) in [6.07, 6.45) is 0. The zero-order chi connectivity index (χ0) is 71.8. The van der Waals surface area contributed by atoms with Gasteiger partial charge in [0.15, 0.2) is 11.6 Å². The van der Waals surface area contributed by atoms with Gasteiger partial charge < -0.3 is 9.68 Å². The fraction of sp³-hybridized carbons (Fsp3) is 0.130. The molecular weight excluding hydrogens is 1300 g/mol. The number of nitrogens with zero attached hydrogens (tertiary/aromatic N) is 8. The standard InChI is InChI=1S/C46H38N4.C28H20BN2O2.C18H19ClN2/c1-29(2)40-24-22-32-21-23-38-39(27-41(30(3)4)48-45(38)44(32)47-40)36-19-11-17-34(25-36)35-18-12-20-37(26-35)43-28-42(31-13-7-5-8-14-31)49-46(50-43)33-15-9-6-10-16-33;32-29-33-25-16-8-14-23(18-25)22-13-7-15-24(17-22)27-19-26(20-9-3-1-4-10-20)30-28(31-27)21-11-5-2-6-12-21;1-10(2)15-8-6-12-5-7-13-14(19)9-16(11(3)4)21-18(13)17(12)20-15/h5-30H,1-4H3;1-19,32H;5-11H,1-4H3. The van der Waals surface area contributed by atoms with Gasteiger partial charge in [-0.2, -0.15) is 0 Å². The highest BCUT2D eigenvalue weighted by molar-refractivity contribution is 6.36. The molecule has 6 heterocycles. The Morgan fingerprint density at radius 1 is 0.279 bits per heavy atom. The van der Waals surface area contributed by atoms with Crippen molar-refractivity contribution in [2.24, 2.45) is 0 Å². The minimum absolute atomic E-state index is 0.274. The number of aromatic nitrogens is 8. The van der Waals surface area contributed by atoms with Crippen molar-refractivity contribution >= 4 is 62.9 Å². The second-order valence-corrected chi connectivity index (χ2v) is 27.6. The second-order valence-electron chi connectivity index (χ2n) is 27.2. The summed E-state index contributed by atoms with van der Waals surface area (Å²) in [6.45, 7) is 17.3. The summed E-state index contributed by atoms with van der Waals surface area (Å²) in [4.78, 5) is 39.8. The summed E-state index contributed by atoms with van der Waals surface area (Å²) in [5.41, 5.74) is 24.2. The van der Waals surface area contributed by atoms with Gasteiger partial charge in [-0.05, 0) is 124 Å². The van der Waals surface area contributed by atoms with E-state index in [0.717, 1.165) is 155 Å². The van der Waals surface area contributed by atoms with Gasteiger partial charge >= 0.3 is 7.69 Å². The fourth-order valence-electron chi connectivity index (χ4n) is 12.8. The molecule has 0 aliphatic heterocycles. The van der Waals surface area contributed by atoms with Gasteiger partial charge in [0.05, 0.1) is 49.9 Å². The molecule has 0 aliphatic rings. The van der Waals surface area contributed by atoms with Crippen LogP contribution >= 0.6 is 11.6 Å². The van der Waals surface area contributed by atoms with E-state index in [0.29, 0.717) is 42.8 Å². The minimum atomic E-state index is 0.274. The van der Waals surface area contributed by atoms with Gasteiger partial charge in [0, 0.05) is 77.7 Å². The largest absolute Gasteiger partial charge is 0.569 e. The quantitative estimate of drug-likeness (QED) is 0.0781. The van der Waals surface area contributed by atoms with Crippen LogP contribution in [-0.2, 0) is 0 Å². The second kappa shape index (κ2) is 31.2. The van der Waals surface area contributed by atoms with E-state index >= 15 is 0 Å². The van der Waals surface area contributed by atoms with Crippen molar-refractivity contribution in [1.29, 1.82) is 0 Å². The number of rotatable bonds is 15. The van der Waals surface area contributed by atoms with Gasteiger partial charge in [-0.3, -0.25) is 19.9 Å². The molecule has 507 valence electrons. The smallest absolute Gasteiger partial charge is 0.537 e. The van der Waals surface area contributed by atoms with Crippen LogP contribution in [0.1, 0.15) is 102 Å². The lowest BCUT2D eigenvalue weighted by molar-refractivity contribution is 0.454. The van der Waals surface area contributed by atoms with Crippen molar-refractivity contribution in [3.8, 4) is 107 Å². The third-order valence-corrected chi connectivity index (χ3v) is 18.8. The first-order valence-electron chi connectivity index (χ1n) is 35.4. The van der Waals surface area contributed by atoms with E-state index in [4.69, 9.17) is 61.2 Å². The molecule has 0 saturated heterocycles. The predicted molar refractivity (Wildman–Crippen MR) is 431 cm³/mol. The summed E-state index contributed by atoms with van der Waals surface area (Å²) in [5.74, 6) is 3.32. The molecule has 0 saturated carbocycles. The number of fused-ring (bicyclic) bond motifs is 6. The third kappa shape index (κ3) is 15.5. The van der Waals surface area contributed by atoms with Crippen LogP contribution in [0.15, 0.2) is 291 Å². The highest BCUT2D eigenvalue weighted by Crippen LogP contribution is 2.39. The van der Waals surface area contributed by atoms with Gasteiger partial charge in [-0.1, -0.05) is 291 Å². The number of hydrogen-bond acceptors (Lipinski definition) is 10. The molecule has 10 nitrogen and oxygen atoms in total. The summed E-state index contributed by atoms with van der Waals surface area (Å²) >= 11 is 6.44. The molecule has 0 bridgehead atoms. The monoisotopic (exact) mass is 1370 g/mol. The van der Waals surface area contributed by atoms with Crippen molar-refractivity contribution in [2.45, 2.75) is 79.1 Å². The summed E-state index contributed by atoms with van der Waals surface area (Å²) in [5, 5.41) is 14.0. The Bertz CT molecular complexity index is 5630. The van der Waals surface area contributed by atoms with Crippen molar-refractivity contribution in [1.82, 2.24) is 39.9 Å². The molecule has 1 N–H and O–H groups in total. The van der Waals surface area contributed by atoms with E-state index in [9.17, 15) is 0 Å². The normalized spacial score (nSPS) is 11.3. The van der Waals surface area contributed by atoms with Crippen molar-refractivity contribution in [3.05, 3.63) is 319 Å². The van der Waals surface area contributed by atoms with Crippen LogP contribution in [0.2, 0.25) is 5.02 Å². The summed E-state index contributed by atoms with van der Waals surface area (Å²) in [6, 6.07) is 99.3. The van der Waals surface area contributed by atoms with Crippen LogP contribution in [0.25, 0.3) is 145 Å². The third-order valence-electron chi connectivity index (χ3n) is 18.5. The SMILES string of the molecule is CC(C)c1ccc2ccc3c(-c4cccc(-c5cccc(-c6cc(-c7ccccc7)nc(-c7ccccc7)n6)c5)c4)cc(C(C)C)nc3c2n1.CC(C)c1ccc2ccc3c(Cl)cc(C(C)C)nc3c2n1.O[B]Oc1cccc(-c2cccc(-c3cc(-c4ccccc4)nc(-c4ccccc4)n3)c2)c1. The first-order valence-corrected chi connectivity index (χ1v) is 35.7. The lowest BCUT2D eigenvalue weighted by atomic mass is 9.93. The van der Waals surface area contributed by atoms with Gasteiger partial charge in [-0.25, -0.2) is 19.9 Å². The molecule has 0 atom stereocenters. The van der Waals surface area contributed by atoms with Crippen molar-refractivity contribution < 1.29 is 9.68 Å². The van der Waals surface area contributed by atoms with E-state index in [1.54, 1.807) is 6.07 Å². The van der Waals surface area contributed by atoms with Crippen LogP contribution < -0.4 is 4.65 Å². The Hall–Kier alpha value is -11.9. The Balaban J connectivity index is 0.000000145. The van der Waals surface area contributed by atoms with E-state index in [1.807, 2.05) is 133 Å². The Morgan fingerprint density at radius 2 is 0.615 bits per heavy atom. The molecule has 0 fully saturated rings. The molecule has 0 amide bonds. The molecule has 1 radical (unpaired) electrons. The van der Waals surface area contributed by atoms with Crippen LogP contribution in [0, 0.1) is 0 Å². The minimum Gasteiger partial charge on any atom is -0.537 e. The maximum atomic E-state index is 8.95. The molecule has 10 aromatic carbocycles. The molecule has 16 aromatic rings. The number of halogens is 1. The molecular formula is C92H77BClN8O2. The average molecular weight is 1370 g/mol. The lowest BCUT2D eigenvalue weighted by Gasteiger charge is -2.15. The predicted octanol–water partition coefficient (Wildman–Crippen LogP) is 23.9. The summed E-state index contributed by atoms with van der Waals surface area (Å²) in [7, 11) is 0.687. The van der Waals surface area contributed by atoms with E-state index in [-0.39, 0.29) is 5.92 Å². The highest BCUT2D eigenvalue weighted by atomic mass is 35.5. The highest BCUT2D eigenvalue weighted by Gasteiger charge is 2.19. The van der Waals surface area contributed by atoms with Gasteiger partial charge in [0.25, 0.3) is 0 Å². The molecule has 6 aromatic heterocycles. The zero-order valence-electron chi connectivity index (χ0n) is 59.4. The maximum Gasteiger partial charge on any atom is 0.569 e. The molecule has 12 heteroatoms. The van der Waals surface area contributed by atoms with Crippen LogP contribution in [0.4, 0.5) is 0 Å². The number of benzene rings is 10. The van der Waals surface area contributed by atoms with Crippen LogP contribution in [0.5, 0.6) is 5.75 Å². The number of pyridine rings is 4. The van der Waals surface area contributed by atoms with Crippen molar-refractivity contribution in [3.63, 3.8) is 0 Å². The van der Waals surface area contributed by atoms with E-state index < -0.39 is 0 Å². The Labute approximate surface area is 613 Å². The molecule has 16 rings (SSSR count). The first-order chi connectivity index (χ1) is 50.7. The Kier molecular flexibility index (Phi) is 20.7. The Morgan fingerprint density at radius 3 is 1.06 bits per heavy atom. The number of hydrogen-bond donors (Lipinski definition) is 1. The van der Waals surface area contributed by atoms with Gasteiger partial charge in [-0.15, -0.1) is 0 Å². The van der Waals surface area contributed by atoms with Crippen molar-refractivity contribution in [2.75, 3.05) is 0 Å².